The summed E-state index contributed by atoms with van der Waals surface area (Å²) < 4.78 is 0. The van der Waals surface area contributed by atoms with E-state index >= 15 is 0 Å². The number of aromatic nitrogens is 2. The quantitative estimate of drug-likeness (QED) is 0.614. The average molecular weight is 251 g/mol. The highest BCUT2D eigenvalue weighted by atomic mass is 15.0. The largest absolute Gasteiger partial charge is 0.345 e. The molecule has 1 heterocycles. The highest BCUT2D eigenvalue weighted by Crippen LogP contribution is 2.10. The van der Waals surface area contributed by atoms with Gasteiger partial charge in [-0.3, -0.25) is 0 Å². The molecule has 0 aliphatic carbocycles. The van der Waals surface area contributed by atoms with Crippen molar-refractivity contribution in [2.45, 2.75) is 71.8 Å². The van der Waals surface area contributed by atoms with Crippen LogP contribution < -0.4 is 5.32 Å². The monoisotopic (exact) mass is 251 g/mol. The smallest absolute Gasteiger partial charge is 0.103 e. The van der Waals surface area contributed by atoms with Crippen LogP contribution >= 0.6 is 0 Å². The number of aromatic amines is 1. The standard InChI is InChI=1S/C15H29N3/c1-4-5-6-7-8-9-10-11-16-13(2)15-12-17-14(3)18-15/h12-13,16H,4-11H2,1-3H3,(H,17,18). The fraction of sp³-hybridized carbons (Fsp3) is 0.800. The summed E-state index contributed by atoms with van der Waals surface area (Å²) in [7, 11) is 0. The number of hydrogen-bond donors (Lipinski definition) is 2. The number of hydrogen-bond acceptors (Lipinski definition) is 2. The van der Waals surface area contributed by atoms with E-state index in [0.29, 0.717) is 6.04 Å². The Morgan fingerprint density at radius 1 is 1.17 bits per heavy atom. The van der Waals surface area contributed by atoms with Gasteiger partial charge in [-0.1, -0.05) is 45.4 Å². The van der Waals surface area contributed by atoms with Crippen LogP contribution in [0.5, 0.6) is 0 Å². The van der Waals surface area contributed by atoms with Gasteiger partial charge in [-0.05, 0) is 26.8 Å². The Kier molecular flexibility index (Phi) is 7.74. The van der Waals surface area contributed by atoms with Gasteiger partial charge in [0.25, 0.3) is 0 Å². The van der Waals surface area contributed by atoms with Crippen LogP contribution in [0.25, 0.3) is 0 Å². The van der Waals surface area contributed by atoms with Gasteiger partial charge in [0.2, 0.25) is 0 Å². The molecule has 1 atom stereocenters. The van der Waals surface area contributed by atoms with E-state index in [4.69, 9.17) is 0 Å². The summed E-state index contributed by atoms with van der Waals surface area (Å²) in [5.74, 6) is 0.995. The van der Waals surface area contributed by atoms with Crippen LogP contribution in [0.4, 0.5) is 0 Å². The second-order valence-corrected chi connectivity index (χ2v) is 5.22. The predicted molar refractivity (Wildman–Crippen MR) is 77.7 cm³/mol. The molecule has 0 bridgehead atoms. The van der Waals surface area contributed by atoms with Gasteiger partial charge >= 0.3 is 0 Å². The van der Waals surface area contributed by atoms with Crippen molar-refractivity contribution in [1.82, 2.24) is 15.3 Å². The normalized spacial score (nSPS) is 12.8. The summed E-state index contributed by atoms with van der Waals surface area (Å²) in [6, 6.07) is 0.381. The minimum atomic E-state index is 0.381. The molecule has 0 fully saturated rings. The van der Waals surface area contributed by atoms with Crippen molar-refractivity contribution < 1.29 is 0 Å². The van der Waals surface area contributed by atoms with Crippen LogP contribution in [0, 0.1) is 6.92 Å². The highest BCUT2D eigenvalue weighted by Gasteiger charge is 2.06. The van der Waals surface area contributed by atoms with Crippen LogP contribution in [0.3, 0.4) is 0 Å². The Balaban J connectivity index is 1.97. The van der Waals surface area contributed by atoms with Crippen molar-refractivity contribution in [2.75, 3.05) is 6.54 Å². The lowest BCUT2D eigenvalue weighted by Crippen LogP contribution is -2.20. The molecule has 0 radical (unpaired) electrons. The SMILES string of the molecule is CCCCCCCCCNC(C)c1cnc(C)[nH]1. The zero-order valence-electron chi connectivity index (χ0n) is 12.3. The molecule has 0 amide bonds. The lowest BCUT2D eigenvalue weighted by molar-refractivity contribution is 0.518. The van der Waals surface area contributed by atoms with Crippen molar-refractivity contribution in [3.8, 4) is 0 Å². The molecule has 1 aromatic rings. The predicted octanol–water partition coefficient (Wildman–Crippen LogP) is 4.12. The first-order valence-electron chi connectivity index (χ1n) is 7.49. The Labute approximate surface area is 112 Å². The van der Waals surface area contributed by atoms with Crippen LogP contribution in [0.1, 0.15) is 76.4 Å². The number of rotatable bonds is 10. The number of aryl methyl sites for hydroxylation is 1. The topological polar surface area (TPSA) is 40.7 Å². The second kappa shape index (κ2) is 9.15. The molecule has 0 spiro atoms. The van der Waals surface area contributed by atoms with Gasteiger partial charge in [0.05, 0.1) is 5.69 Å². The third-order valence-electron chi connectivity index (χ3n) is 3.42. The number of imidazole rings is 1. The van der Waals surface area contributed by atoms with Gasteiger partial charge in [0.15, 0.2) is 0 Å². The van der Waals surface area contributed by atoms with Gasteiger partial charge in [-0.15, -0.1) is 0 Å². The number of nitrogens with one attached hydrogen (secondary N) is 2. The van der Waals surface area contributed by atoms with E-state index < -0.39 is 0 Å². The average Bonchev–Trinajstić information content (AvgIpc) is 2.79. The van der Waals surface area contributed by atoms with Gasteiger partial charge in [-0.2, -0.15) is 0 Å². The van der Waals surface area contributed by atoms with E-state index in [9.17, 15) is 0 Å². The fourth-order valence-corrected chi connectivity index (χ4v) is 2.17. The summed E-state index contributed by atoms with van der Waals surface area (Å²) in [6.45, 7) is 7.55. The zero-order valence-corrected chi connectivity index (χ0v) is 12.3. The molecule has 0 saturated heterocycles. The molecule has 18 heavy (non-hydrogen) atoms. The molecule has 0 aromatic carbocycles. The van der Waals surface area contributed by atoms with Crippen LogP contribution in [0.15, 0.2) is 6.20 Å². The molecule has 1 rings (SSSR count). The maximum atomic E-state index is 4.23. The summed E-state index contributed by atoms with van der Waals surface area (Å²) in [4.78, 5) is 7.51. The molecular weight excluding hydrogens is 222 g/mol. The summed E-state index contributed by atoms with van der Waals surface area (Å²) in [6.07, 6.45) is 11.5. The van der Waals surface area contributed by atoms with Gasteiger partial charge < -0.3 is 10.3 Å². The van der Waals surface area contributed by atoms with Crippen molar-refractivity contribution in [3.63, 3.8) is 0 Å². The Morgan fingerprint density at radius 3 is 2.44 bits per heavy atom. The minimum Gasteiger partial charge on any atom is -0.345 e. The van der Waals surface area contributed by atoms with E-state index in [2.05, 4.69) is 29.1 Å². The first kappa shape index (κ1) is 15.2. The van der Waals surface area contributed by atoms with Gasteiger partial charge in [0, 0.05) is 12.2 Å². The first-order valence-corrected chi connectivity index (χ1v) is 7.49. The van der Waals surface area contributed by atoms with E-state index in [-0.39, 0.29) is 0 Å². The lowest BCUT2D eigenvalue weighted by Gasteiger charge is -2.11. The molecule has 0 aliphatic rings. The number of nitrogens with zero attached hydrogens (tertiary/aromatic N) is 1. The van der Waals surface area contributed by atoms with Crippen molar-refractivity contribution >= 4 is 0 Å². The second-order valence-electron chi connectivity index (χ2n) is 5.22. The molecule has 3 nitrogen and oxygen atoms in total. The third kappa shape index (κ3) is 6.20. The van der Waals surface area contributed by atoms with Crippen molar-refractivity contribution in [3.05, 3.63) is 17.7 Å². The molecule has 1 unspecified atom stereocenters. The summed E-state index contributed by atoms with van der Waals surface area (Å²) in [5, 5.41) is 3.54. The Morgan fingerprint density at radius 2 is 1.83 bits per heavy atom. The van der Waals surface area contributed by atoms with Crippen molar-refractivity contribution in [2.24, 2.45) is 0 Å². The summed E-state index contributed by atoms with van der Waals surface area (Å²) in [5.41, 5.74) is 1.19. The minimum absolute atomic E-state index is 0.381. The molecule has 0 aliphatic heterocycles. The fourth-order valence-electron chi connectivity index (χ4n) is 2.17. The maximum absolute atomic E-state index is 4.23. The van der Waals surface area contributed by atoms with E-state index in [1.54, 1.807) is 0 Å². The van der Waals surface area contributed by atoms with Crippen molar-refractivity contribution in [1.29, 1.82) is 0 Å². The Bertz CT molecular complexity index is 306. The number of unbranched alkanes of at least 4 members (excludes halogenated alkanes) is 6. The zero-order chi connectivity index (χ0) is 13.2. The van der Waals surface area contributed by atoms with E-state index in [0.717, 1.165) is 12.4 Å². The maximum Gasteiger partial charge on any atom is 0.103 e. The molecule has 1 aromatic heterocycles. The molecule has 0 saturated carbocycles. The third-order valence-corrected chi connectivity index (χ3v) is 3.42. The Hall–Kier alpha value is -0.830. The lowest BCUT2D eigenvalue weighted by atomic mass is 10.1. The van der Waals surface area contributed by atoms with E-state index in [1.165, 1.54) is 50.6 Å². The van der Waals surface area contributed by atoms with Crippen LogP contribution in [0.2, 0.25) is 0 Å². The molecule has 2 N–H and O–H groups in total. The summed E-state index contributed by atoms with van der Waals surface area (Å²) >= 11 is 0. The van der Waals surface area contributed by atoms with Crippen LogP contribution in [-0.2, 0) is 0 Å². The molecule has 3 heteroatoms. The van der Waals surface area contributed by atoms with Gasteiger partial charge in [0.1, 0.15) is 5.82 Å². The molecule has 104 valence electrons. The highest BCUT2D eigenvalue weighted by molar-refractivity contribution is 5.04. The molecular formula is C15H29N3. The first-order chi connectivity index (χ1) is 8.74. The van der Waals surface area contributed by atoms with Crippen LogP contribution in [-0.4, -0.2) is 16.5 Å². The number of H-pyrrole nitrogens is 1. The van der Waals surface area contributed by atoms with E-state index in [1.807, 2.05) is 13.1 Å². The van der Waals surface area contributed by atoms with Gasteiger partial charge in [-0.25, -0.2) is 4.98 Å².